The largest absolute Gasteiger partial charge is 0.393 e. The van der Waals surface area contributed by atoms with Gasteiger partial charge in [-0.2, -0.15) is 0 Å². The molecule has 1 saturated carbocycles. The van der Waals surface area contributed by atoms with E-state index in [1.54, 1.807) is 0 Å². The first-order valence-electron chi connectivity index (χ1n) is 6.70. The van der Waals surface area contributed by atoms with Gasteiger partial charge in [-0.1, -0.05) is 18.2 Å². The van der Waals surface area contributed by atoms with Crippen LogP contribution in [0.25, 0.3) is 10.1 Å². The number of hydrogen-bond donors (Lipinski definition) is 2. The molecule has 1 aliphatic rings. The van der Waals surface area contributed by atoms with E-state index in [0.29, 0.717) is 0 Å². The zero-order valence-corrected chi connectivity index (χ0v) is 11.5. The van der Waals surface area contributed by atoms with Gasteiger partial charge in [-0.05, 0) is 43.2 Å². The smallest absolute Gasteiger partial charge is 0.261 e. The van der Waals surface area contributed by atoms with E-state index in [9.17, 15) is 9.90 Å². The topological polar surface area (TPSA) is 49.3 Å². The maximum atomic E-state index is 12.2. The Morgan fingerprint density at radius 1 is 1.21 bits per heavy atom. The summed E-state index contributed by atoms with van der Waals surface area (Å²) in [6.45, 7) is 0. The average molecular weight is 275 g/mol. The van der Waals surface area contributed by atoms with Crippen molar-refractivity contribution in [2.45, 2.75) is 37.8 Å². The molecule has 1 aromatic heterocycles. The minimum absolute atomic E-state index is 0.0163. The highest BCUT2D eigenvalue weighted by Crippen LogP contribution is 2.26. The van der Waals surface area contributed by atoms with Crippen LogP contribution in [0.2, 0.25) is 0 Å². The number of carbonyl (C=O) groups excluding carboxylic acids is 1. The lowest BCUT2D eigenvalue weighted by Gasteiger charge is -2.25. The molecular weight excluding hydrogens is 258 g/mol. The number of hydrogen-bond acceptors (Lipinski definition) is 3. The van der Waals surface area contributed by atoms with Crippen molar-refractivity contribution in [3.8, 4) is 0 Å². The summed E-state index contributed by atoms with van der Waals surface area (Å²) in [5.74, 6) is 0.0163. The van der Waals surface area contributed by atoms with E-state index in [1.165, 1.54) is 11.3 Å². The van der Waals surface area contributed by atoms with Gasteiger partial charge in [0.05, 0.1) is 11.0 Å². The first kappa shape index (κ1) is 12.6. The maximum Gasteiger partial charge on any atom is 0.261 e. The zero-order chi connectivity index (χ0) is 13.2. The third-order valence-corrected chi connectivity index (χ3v) is 4.80. The lowest BCUT2D eigenvalue weighted by Crippen LogP contribution is -2.38. The Morgan fingerprint density at radius 3 is 2.68 bits per heavy atom. The van der Waals surface area contributed by atoms with Crippen LogP contribution in [-0.2, 0) is 0 Å². The van der Waals surface area contributed by atoms with E-state index < -0.39 is 0 Å². The number of rotatable bonds is 2. The van der Waals surface area contributed by atoms with E-state index in [1.807, 2.05) is 30.3 Å². The monoisotopic (exact) mass is 275 g/mol. The normalized spacial score (nSPS) is 23.4. The van der Waals surface area contributed by atoms with Crippen molar-refractivity contribution < 1.29 is 9.90 Å². The Hall–Kier alpha value is -1.39. The van der Waals surface area contributed by atoms with Crippen molar-refractivity contribution >= 4 is 27.3 Å². The second-order valence-corrected chi connectivity index (χ2v) is 6.21. The highest BCUT2D eigenvalue weighted by molar-refractivity contribution is 7.20. The van der Waals surface area contributed by atoms with Gasteiger partial charge >= 0.3 is 0 Å². The van der Waals surface area contributed by atoms with E-state index in [0.717, 1.165) is 40.6 Å². The quantitative estimate of drug-likeness (QED) is 0.885. The van der Waals surface area contributed by atoms with E-state index in [4.69, 9.17) is 0 Å². The van der Waals surface area contributed by atoms with Crippen molar-refractivity contribution in [2.75, 3.05) is 0 Å². The molecule has 0 saturated heterocycles. The summed E-state index contributed by atoms with van der Waals surface area (Å²) in [7, 11) is 0. The third-order valence-electron chi connectivity index (χ3n) is 3.68. The van der Waals surface area contributed by atoms with Crippen LogP contribution in [0.4, 0.5) is 0 Å². The number of thiophene rings is 1. The summed E-state index contributed by atoms with van der Waals surface area (Å²) in [4.78, 5) is 13.0. The molecule has 0 spiro atoms. The molecule has 3 nitrogen and oxygen atoms in total. The fraction of sp³-hybridized carbons (Fsp3) is 0.400. The summed E-state index contributed by atoms with van der Waals surface area (Å²) < 4.78 is 1.15. The number of nitrogens with one attached hydrogen (secondary N) is 1. The average Bonchev–Trinajstić information content (AvgIpc) is 2.85. The SMILES string of the molecule is O=C(NC1CCC(O)CC1)c1cc2ccccc2s1. The van der Waals surface area contributed by atoms with Gasteiger partial charge in [0.1, 0.15) is 0 Å². The summed E-state index contributed by atoms with van der Waals surface area (Å²) in [5, 5.41) is 13.7. The molecular formula is C15H17NO2S. The third kappa shape index (κ3) is 2.80. The van der Waals surface area contributed by atoms with Crippen LogP contribution < -0.4 is 5.32 Å². The van der Waals surface area contributed by atoms with E-state index in [2.05, 4.69) is 5.32 Å². The van der Waals surface area contributed by atoms with Crippen LogP contribution in [0, 0.1) is 0 Å². The lowest BCUT2D eigenvalue weighted by molar-refractivity contribution is 0.0871. The van der Waals surface area contributed by atoms with Crippen LogP contribution in [-0.4, -0.2) is 23.2 Å². The van der Waals surface area contributed by atoms with Crippen LogP contribution in [0.1, 0.15) is 35.4 Å². The molecule has 0 unspecified atom stereocenters. The second-order valence-electron chi connectivity index (χ2n) is 5.13. The maximum absolute atomic E-state index is 12.2. The lowest BCUT2D eigenvalue weighted by atomic mass is 9.93. The van der Waals surface area contributed by atoms with Crippen LogP contribution >= 0.6 is 11.3 Å². The van der Waals surface area contributed by atoms with E-state index >= 15 is 0 Å². The number of aliphatic hydroxyl groups excluding tert-OH is 1. The molecule has 0 atom stereocenters. The highest BCUT2D eigenvalue weighted by atomic mass is 32.1. The summed E-state index contributed by atoms with van der Waals surface area (Å²) in [6.07, 6.45) is 3.14. The Labute approximate surface area is 116 Å². The van der Waals surface area contributed by atoms with Gasteiger partial charge in [0.2, 0.25) is 0 Å². The molecule has 0 aliphatic heterocycles. The van der Waals surface area contributed by atoms with Gasteiger partial charge < -0.3 is 10.4 Å². The number of carbonyl (C=O) groups is 1. The summed E-state index contributed by atoms with van der Waals surface area (Å²) >= 11 is 1.53. The van der Waals surface area contributed by atoms with Crippen molar-refractivity contribution in [1.82, 2.24) is 5.32 Å². The van der Waals surface area contributed by atoms with Crippen LogP contribution in [0.3, 0.4) is 0 Å². The van der Waals surface area contributed by atoms with Gasteiger partial charge in [-0.25, -0.2) is 0 Å². The molecule has 2 aromatic rings. The minimum atomic E-state index is -0.183. The fourth-order valence-electron chi connectivity index (χ4n) is 2.57. The highest BCUT2D eigenvalue weighted by Gasteiger charge is 2.21. The van der Waals surface area contributed by atoms with Gasteiger partial charge in [0.15, 0.2) is 0 Å². The van der Waals surface area contributed by atoms with Gasteiger partial charge in [0.25, 0.3) is 5.91 Å². The molecule has 100 valence electrons. The van der Waals surface area contributed by atoms with Crippen molar-refractivity contribution in [3.63, 3.8) is 0 Å². The Balaban J connectivity index is 1.70. The van der Waals surface area contributed by atoms with Crippen molar-refractivity contribution in [1.29, 1.82) is 0 Å². The fourth-order valence-corrected chi connectivity index (χ4v) is 3.54. The number of fused-ring (bicyclic) bond motifs is 1. The van der Waals surface area contributed by atoms with Gasteiger partial charge in [-0.15, -0.1) is 11.3 Å². The minimum Gasteiger partial charge on any atom is -0.393 e. The van der Waals surface area contributed by atoms with Gasteiger partial charge in [0, 0.05) is 10.7 Å². The molecule has 4 heteroatoms. The van der Waals surface area contributed by atoms with Crippen molar-refractivity contribution in [3.05, 3.63) is 35.2 Å². The Morgan fingerprint density at radius 2 is 1.95 bits per heavy atom. The molecule has 1 fully saturated rings. The molecule has 1 aromatic carbocycles. The number of amides is 1. The number of benzene rings is 1. The van der Waals surface area contributed by atoms with E-state index in [-0.39, 0.29) is 18.1 Å². The first-order valence-corrected chi connectivity index (χ1v) is 7.51. The predicted molar refractivity (Wildman–Crippen MR) is 77.6 cm³/mol. The van der Waals surface area contributed by atoms with Crippen molar-refractivity contribution in [2.24, 2.45) is 0 Å². The molecule has 2 N–H and O–H groups in total. The summed E-state index contributed by atoms with van der Waals surface area (Å²) in [6, 6.07) is 10.2. The molecule has 1 aliphatic carbocycles. The molecule has 0 radical (unpaired) electrons. The molecule has 0 bridgehead atoms. The summed E-state index contributed by atoms with van der Waals surface area (Å²) in [5.41, 5.74) is 0. The second kappa shape index (κ2) is 5.31. The first-order chi connectivity index (χ1) is 9.22. The Bertz CT molecular complexity index is 552. The Kier molecular flexibility index (Phi) is 3.53. The molecule has 3 rings (SSSR count). The molecule has 1 amide bonds. The molecule has 1 heterocycles. The van der Waals surface area contributed by atoms with Gasteiger partial charge in [-0.3, -0.25) is 4.79 Å². The predicted octanol–water partition coefficient (Wildman–Crippen LogP) is 2.93. The zero-order valence-electron chi connectivity index (χ0n) is 10.6. The number of aliphatic hydroxyl groups is 1. The standard InChI is InChI=1S/C15H17NO2S/c17-12-7-5-11(6-8-12)16-15(18)14-9-10-3-1-2-4-13(10)19-14/h1-4,9,11-12,17H,5-8H2,(H,16,18). The van der Waals surface area contributed by atoms with Crippen LogP contribution in [0.15, 0.2) is 30.3 Å². The molecule has 19 heavy (non-hydrogen) atoms. The van der Waals surface area contributed by atoms with Crippen LogP contribution in [0.5, 0.6) is 0 Å².